The average molecular weight is 381 g/mol. The quantitative estimate of drug-likeness (QED) is 0.538. The van der Waals surface area contributed by atoms with Crippen LogP contribution < -0.4 is 14.5 Å². The predicted molar refractivity (Wildman–Crippen MR) is 106 cm³/mol. The van der Waals surface area contributed by atoms with Crippen LogP contribution in [-0.2, 0) is 0 Å². The Bertz CT molecular complexity index is 1080. The van der Waals surface area contributed by atoms with E-state index in [1.54, 1.807) is 23.9 Å². The number of benzene rings is 1. The van der Waals surface area contributed by atoms with E-state index in [1.165, 1.54) is 0 Å². The molecule has 138 valence electrons. The van der Waals surface area contributed by atoms with Crippen LogP contribution in [-0.4, -0.2) is 57.4 Å². The Morgan fingerprint density at radius 1 is 1.15 bits per heavy atom. The fourth-order valence-corrected chi connectivity index (χ4v) is 4.43. The highest BCUT2D eigenvalue weighted by Gasteiger charge is 2.23. The predicted octanol–water partition coefficient (Wildman–Crippen LogP) is 2.46. The second-order valence-electron chi connectivity index (χ2n) is 6.32. The Morgan fingerprint density at radius 2 is 2.00 bits per heavy atom. The van der Waals surface area contributed by atoms with Crippen molar-refractivity contribution in [1.29, 1.82) is 0 Å². The molecular weight excluding hydrogens is 362 g/mol. The van der Waals surface area contributed by atoms with Gasteiger partial charge in [0, 0.05) is 38.6 Å². The monoisotopic (exact) mass is 381 g/mol. The number of thiazole rings is 1. The van der Waals surface area contributed by atoms with Gasteiger partial charge in [-0.25, -0.2) is 9.97 Å². The summed E-state index contributed by atoms with van der Waals surface area (Å²) in [4.78, 5) is 14.0. The summed E-state index contributed by atoms with van der Waals surface area (Å²) in [5.74, 6) is 1.75. The first kappa shape index (κ1) is 16.2. The van der Waals surface area contributed by atoms with Gasteiger partial charge in [-0.05, 0) is 19.1 Å². The fourth-order valence-electron chi connectivity index (χ4n) is 3.40. The molecule has 0 spiro atoms. The molecule has 1 aliphatic rings. The summed E-state index contributed by atoms with van der Waals surface area (Å²) in [6.45, 7) is 6.16. The molecule has 3 aromatic heterocycles. The number of nitrogens with zero attached hydrogens (tertiary/aromatic N) is 7. The largest absolute Gasteiger partial charge is 0.492 e. The lowest BCUT2D eigenvalue weighted by atomic mass is 10.3. The number of anilines is 2. The van der Waals surface area contributed by atoms with Crippen molar-refractivity contribution in [3.63, 3.8) is 0 Å². The minimum Gasteiger partial charge on any atom is -0.492 e. The number of rotatable bonds is 4. The van der Waals surface area contributed by atoms with Crippen molar-refractivity contribution in [2.24, 2.45) is 0 Å². The summed E-state index contributed by atoms with van der Waals surface area (Å²) >= 11 is 1.72. The maximum Gasteiger partial charge on any atom is 0.203 e. The zero-order valence-corrected chi connectivity index (χ0v) is 15.8. The van der Waals surface area contributed by atoms with Crippen molar-refractivity contribution in [2.45, 2.75) is 6.92 Å². The highest BCUT2D eigenvalue weighted by Crippen LogP contribution is 2.34. The second kappa shape index (κ2) is 6.66. The molecule has 1 fully saturated rings. The van der Waals surface area contributed by atoms with Gasteiger partial charge in [0.05, 0.1) is 11.3 Å². The van der Waals surface area contributed by atoms with E-state index in [0.29, 0.717) is 6.61 Å². The number of hydrogen-bond acceptors (Lipinski definition) is 8. The smallest absolute Gasteiger partial charge is 0.203 e. The van der Waals surface area contributed by atoms with Gasteiger partial charge in [-0.2, -0.15) is 0 Å². The molecule has 0 N–H and O–H groups in total. The molecule has 0 bridgehead atoms. The van der Waals surface area contributed by atoms with Crippen molar-refractivity contribution < 1.29 is 4.74 Å². The molecule has 0 atom stereocenters. The van der Waals surface area contributed by atoms with E-state index in [1.807, 2.05) is 29.7 Å². The third-order valence-electron chi connectivity index (χ3n) is 4.72. The van der Waals surface area contributed by atoms with Gasteiger partial charge in [0.25, 0.3) is 0 Å². The maximum atomic E-state index is 5.72. The molecule has 1 aromatic carbocycles. The molecule has 0 saturated carbocycles. The molecule has 4 aromatic rings. The van der Waals surface area contributed by atoms with E-state index in [2.05, 4.69) is 31.0 Å². The maximum absolute atomic E-state index is 5.72. The van der Waals surface area contributed by atoms with Crippen LogP contribution in [0.1, 0.15) is 6.92 Å². The lowest BCUT2D eigenvalue weighted by Gasteiger charge is -2.35. The standard InChI is InChI=1S/C18H19N7OS/c1-2-26-13-4-3-5-14-15(13)21-18(27-14)24-10-8-23(9-11-24)16-17-22-20-12-25(17)7-6-19-16/h3-7,12H,2,8-11H2,1H3. The first-order valence-corrected chi connectivity index (χ1v) is 9.81. The molecule has 5 rings (SSSR count). The molecule has 8 nitrogen and oxygen atoms in total. The van der Waals surface area contributed by atoms with Crippen molar-refractivity contribution in [2.75, 3.05) is 42.6 Å². The number of hydrogen-bond donors (Lipinski definition) is 0. The molecule has 4 heterocycles. The summed E-state index contributed by atoms with van der Waals surface area (Å²) in [5.41, 5.74) is 1.75. The van der Waals surface area contributed by atoms with Crippen LogP contribution in [0, 0.1) is 0 Å². The molecule has 1 aliphatic heterocycles. The summed E-state index contributed by atoms with van der Waals surface area (Å²) in [6.07, 6.45) is 5.36. The van der Waals surface area contributed by atoms with Crippen LogP contribution >= 0.6 is 11.3 Å². The van der Waals surface area contributed by atoms with Gasteiger partial charge in [0.15, 0.2) is 10.9 Å². The van der Waals surface area contributed by atoms with Crippen LogP contribution in [0.3, 0.4) is 0 Å². The Morgan fingerprint density at radius 3 is 2.85 bits per heavy atom. The fraction of sp³-hybridized carbons (Fsp3) is 0.333. The normalized spacial score (nSPS) is 15.0. The summed E-state index contributed by atoms with van der Waals surface area (Å²) in [6, 6.07) is 6.11. The summed E-state index contributed by atoms with van der Waals surface area (Å²) < 4.78 is 8.78. The molecule has 0 aliphatic carbocycles. The SMILES string of the molecule is CCOc1cccc2sc(N3CCN(c4nccn5cnnc45)CC3)nc12. The van der Waals surface area contributed by atoms with Crippen molar-refractivity contribution >= 4 is 38.2 Å². The topological polar surface area (TPSA) is 71.7 Å². The minimum absolute atomic E-state index is 0.645. The Balaban J connectivity index is 1.37. The van der Waals surface area contributed by atoms with Gasteiger partial charge in [-0.1, -0.05) is 17.4 Å². The zero-order chi connectivity index (χ0) is 18.2. The minimum atomic E-state index is 0.645. The van der Waals surface area contributed by atoms with Gasteiger partial charge >= 0.3 is 0 Å². The van der Waals surface area contributed by atoms with Crippen molar-refractivity contribution in [1.82, 2.24) is 24.6 Å². The third-order valence-corrected chi connectivity index (χ3v) is 5.80. The summed E-state index contributed by atoms with van der Waals surface area (Å²) in [7, 11) is 0. The summed E-state index contributed by atoms with van der Waals surface area (Å²) in [5, 5.41) is 9.23. The van der Waals surface area contributed by atoms with Gasteiger partial charge < -0.3 is 14.5 Å². The van der Waals surface area contributed by atoms with E-state index in [-0.39, 0.29) is 0 Å². The van der Waals surface area contributed by atoms with E-state index in [9.17, 15) is 0 Å². The molecule has 1 saturated heterocycles. The first-order valence-electron chi connectivity index (χ1n) is 9.00. The highest BCUT2D eigenvalue weighted by molar-refractivity contribution is 7.22. The third kappa shape index (κ3) is 2.84. The lowest BCUT2D eigenvalue weighted by molar-refractivity contribution is 0.344. The molecular formula is C18H19N7OS. The van der Waals surface area contributed by atoms with Crippen molar-refractivity contribution in [3.05, 3.63) is 36.9 Å². The van der Waals surface area contributed by atoms with Crippen molar-refractivity contribution in [3.8, 4) is 5.75 Å². The average Bonchev–Trinajstić information content (AvgIpc) is 3.35. The zero-order valence-electron chi connectivity index (χ0n) is 14.9. The first-order chi connectivity index (χ1) is 13.3. The van der Waals surface area contributed by atoms with Crippen LogP contribution in [0.4, 0.5) is 10.9 Å². The lowest BCUT2D eigenvalue weighted by Crippen LogP contribution is -2.47. The van der Waals surface area contributed by atoms with Crippen LogP contribution in [0.25, 0.3) is 15.9 Å². The van der Waals surface area contributed by atoms with Crippen LogP contribution in [0.2, 0.25) is 0 Å². The Hall–Kier alpha value is -2.94. The van der Waals surface area contributed by atoms with Gasteiger partial charge in [-0.3, -0.25) is 4.40 Å². The van der Waals surface area contributed by atoms with E-state index < -0.39 is 0 Å². The van der Waals surface area contributed by atoms with E-state index >= 15 is 0 Å². The van der Waals surface area contributed by atoms with Crippen LogP contribution in [0.5, 0.6) is 5.75 Å². The number of para-hydroxylation sites is 1. The Labute approximate surface area is 160 Å². The number of piperazine rings is 1. The number of fused-ring (bicyclic) bond motifs is 2. The number of ether oxygens (including phenoxy) is 1. The van der Waals surface area contributed by atoms with Crippen LogP contribution in [0.15, 0.2) is 36.9 Å². The second-order valence-corrected chi connectivity index (χ2v) is 7.33. The Kier molecular flexibility index (Phi) is 4.01. The number of aromatic nitrogens is 5. The highest BCUT2D eigenvalue weighted by atomic mass is 32.1. The van der Waals surface area contributed by atoms with E-state index in [4.69, 9.17) is 9.72 Å². The molecule has 0 unspecified atom stereocenters. The molecule has 0 amide bonds. The van der Waals surface area contributed by atoms with E-state index in [0.717, 1.165) is 58.7 Å². The van der Waals surface area contributed by atoms with Gasteiger partial charge in [0.2, 0.25) is 5.65 Å². The molecule has 0 radical (unpaired) electrons. The molecule has 27 heavy (non-hydrogen) atoms. The molecule has 9 heteroatoms. The van der Waals surface area contributed by atoms with Gasteiger partial charge in [0.1, 0.15) is 17.6 Å². The van der Waals surface area contributed by atoms with Gasteiger partial charge in [-0.15, -0.1) is 10.2 Å².